The maximum Gasteiger partial charge on any atom is 0.325 e. The molecule has 2 N–H and O–H groups in total. The molecule has 0 unspecified atom stereocenters. The molecule has 1 atom stereocenters. The predicted molar refractivity (Wildman–Crippen MR) is 109 cm³/mol. The maximum absolute atomic E-state index is 12.8. The number of hydrogen-bond acceptors (Lipinski definition) is 4. The van der Waals surface area contributed by atoms with Crippen molar-refractivity contribution in [1.82, 2.24) is 15.5 Å². The first kappa shape index (κ1) is 20.2. The molecule has 1 aliphatic heterocycles. The fraction of sp³-hybridized carbons (Fsp3) is 0.250. The summed E-state index contributed by atoms with van der Waals surface area (Å²) >= 11 is 7.81. The van der Waals surface area contributed by atoms with Crippen molar-refractivity contribution in [3.05, 3.63) is 65.2 Å². The van der Waals surface area contributed by atoms with E-state index in [1.807, 2.05) is 30.3 Å². The van der Waals surface area contributed by atoms with Crippen LogP contribution in [0, 0.1) is 0 Å². The zero-order chi connectivity index (χ0) is 20.1. The maximum atomic E-state index is 12.8. The lowest BCUT2D eigenvalue weighted by molar-refractivity contribution is -0.134. The zero-order valence-electron chi connectivity index (χ0n) is 15.3. The number of nitrogens with one attached hydrogen (secondary N) is 2. The third-order valence-electron chi connectivity index (χ3n) is 4.43. The van der Waals surface area contributed by atoms with E-state index in [2.05, 4.69) is 10.6 Å². The molecule has 2 aromatic carbocycles. The minimum atomic E-state index is -1.29. The van der Waals surface area contributed by atoms with Gasteiger partial charge < -0.3 is 10.6 Å². The molecule has 1 heterocycles. The van der Waals surface area contributed by atoms with Crippen molar-refractivity contribution in [1.29, 1.82) is 0 Å². The largest absolute Gasteiger partial charge is 0.354 e. The Morgan fingerprint density at radius 3 is 2.54 bits per heavy atom. The van der Waals surface area contributed by atoms with Crippen molar-refractivity contribution < 1.29 is 14.4 Å². The van der Waals surface area contributed by atoms with Gasteiger partial charge in [-0.15, -0.1) is 11.8 Å². The second-order valence-corrected chi connectivity index (χ2v) is 8.01. The number of rotatable bonds is 7. The molecule has 0 bridgehead atoms. The van der Waals surface area contributed by atoms with E-state index in [4.69, 9.17) is 11.6 Å². The summed E-state index contributed by atoms with van der Waals surface area (Å²) in [5, 5.41) is 5.77. The van der Waals surface area contributed by atoms with Gasteiger partial charge in [-0.05, 0) is 25.1 Å². The standard InChI is InChI=1S/C20H20ClN3O3S/c1-20(15-9-5-6-10-16(15)21)18(26)24(19(27)23-20)13-17(25)22-11-12-28-14-7-3-2-4-8-14/h2-10H,11-13H2,1H3,(H,22,25)(H,23,27)/t20-/m1/s1. The Hall–Kier alpha value is -2.51. The van der Waals surface area contributed by atoms with Crippen molar-refractivity contribution in [2.45, 2.75) is 17.4 Å². The number of carbonyl (C=O) groups is 3. The first-order valence-corrected chi connectivity index (χ1v) is 10.1. The number of amides is 4. The van der Waals surface area contributed by atoms with E-state index in [1.54, 1.807) is 43.0 Å². The van der Waals surface area contributed by atoms with Gasteiger partial charge in [0.15, 0.2) is 0 Å². The molecular formula is C20H20ClN3O3S. The summed E-state index contributed by atoms with van der Waals surface area (Å²) in [6.45, 7) is 1.69. The van der Waals surface area contributed by atoms with Crippen LogP contribution >= 0.6 is 23.4 Å². The van der Waals surface area contributed by atoms with Crippen LogP contribution in [-0.4, -0.2) is 41.6 Å². The van der Waals surface area contributed by atoms with E-state index in [0.717, 1.165) is 9.80 Å². The molecule has 146 valence electrons. The van der Waals surface area contributed by atoms with Gasteiger partial charge in [-0.2, -0.15) is 0 Å². The molecule has 6 nitrogen and oxygen atoms in total. The molecule has 0 radical (unpaired) electrons. The Kier molecular flexibility index (Phi) is 6.26. The molecule has 2 aromatic rings. The number of hydrogen-bond donors (Lipinski definition) is 2. The minimum Gasteiger partial charge on any atom is -0.354 e. The third-order valence-corrected chi connectivity index (χ3v) is 5.77. The molecule has 0 aromatic heterocycles. The van der Waals surface area contributed by atoms with Crippen molar-refractivity contribution in [2.24, 2.45) is 0 Å². The topological polar surface area (TPSA) is 78.5 Å². The van der Waals surface area contributed by atoms with Gasteiger partial charge >= 0.3 is 6.03 Å². The van der Waals surface area contributed by atoms with Crippen LogP contribution in [0.2, 0.25) is 5.02 Å². The van der Waals surface area contributed by atoms with Crippen LogP contribution in [0.1, 0.15) is 12.5 Å². The minimum absolute atomic E-state index is 0.333. The Labute approximate surface area is 172 Å². The van der Waals surface area contributed by atoms with Gasteiger partial charge in [-0.3, -0.25) is 14.5 Å². The van der Waals surface area contributed by atoms with Crippen molar-refractivity contribution >= 4 is 41.2 Å². The SMILES string of the molecule is C[C@]1(c2ccccc2Cl)NC(=O)N(CC(=O)NCCSc2ccccc2)C1=O. The molecule has 0 saturated carbocycles. The first-order valence-electron chi connectivity index (χ1n) is 8.75. The lowest BCUT2D eigenvalue weighted by atomic mass is 9.92. The highest BCUT2D eigenvalue weighted by Crippen LogP contribution is 2.33. The quantitative estimate of drug-likeness (QED) is 0.412. The van der Waals surface area contributed by atoms with E-state index in [9.17, 15) is 14.4 Å². The van der Waals surface area contributed by atoms with Gasteiger partial charge in [0.1, 0.15) is 12.1 Å². The fourth-order valence-electron chi connectivity index (χ4n) is 2.97. The zero-order valence-corrected chi connectivity index (χ0v) is 16.8. The van der Waals surface area contributed by atoms with Gasteiger partial charge in [0, 0.05) is 27.8 Å². The highest BCUT2D eigenvalue weighted by Gasteiger charge is 2.50. The Morgan fingerprint density at radius 2 is 1.82 bits per heavy atom. The van der Waals surface area contributed by atoms with Gasteiger partial charge in [-0.1, -0.05) is 48.0 Å². The molecule has 0 spiro atoms. The second-order valence-electron chi connectivity index (χ2n) is 6.44. The third kappa shape index (κ3) is 4.31. The number of nitrogens with zero attached hydrogens (tertiary/aromatic N) is 1. The van der Waals surface area contributed by atoms with Crippen LogP contribution in [0.5, 0.6) is 0 Å². The average Bonchev–Trinajstić information content (AvgIpc) is 2.90. The van der Waals surface area contributed by atoms with E-state index in [-0.39, 0.29) is 12.5 Å². The Morgan fingerprint density at radius 1 is 1.14 bits per heavy atom. The van der Waals surface area contributed by atoms with E-state index in [1.165, 1.54) is 0 Å². The Balaban J connectivity index is 1.55. The van der Waals surface area contributed by atoms with Crippen LogP contribution in [0.3, 0.4) is 0 Å². The summed E-state index contributed by atoms with van der Waals surface area (Å²) < 4.78 is 0. The molecule has 0 aliphatic carbocycles. The fourth-order valence-corrected chi connectivity index (χ4v) is 4.08. The molecule has 1 fully saturated rings. The number of urea groups is 1. The van der Waals surface area contributed by atoms with Gasteiger partial charge in [-0.25, -0.2) is 4.79 Å². The molecule has 1 saturated heterocycles. The van der Waals surface area contributed by atoms with E-state index < -0.39 is 17.5 Å². The van der Waals surface area contributed by atoms with Crippen molar-refractivity contribution in [3.8, 4) is 0 Å². The molecular weight excluding hydrogens is 398 g/mol. The summed E-state index contributed by atoms with van der Waals surface area (Å²) in [5.41, 5.74) is -0.795. The summed E-state index contributed by atoms with van der Waals surface area (Å²) in [6, 6.07) is 16.1. The summed E-state index contributed by atoms with van der Waals surface area (Å²) in [6.07, 6.45) is 0. The first-order chi connectivity index (χ1) is 13.4. The number of imide groups is 1. The molecule has 28 heavy (non-hydrogen) atoms. The summed E-state index contributed by atoms with van der Waals surface area (Å²) in [7, 11) is 0. The number of benzene rings is 2. The van der Waals surface area contributed by atoms with Gasteiger partial charge in [0.05, 0.1) is 0 Å². The Bertz CT molecular complexity index is 893. The van der Waals surface area contributed by atoms with Gasteiger partial charge in [0.25, 0.3) is 5.91 Å². The average molecular weight is 418 g/mol. The second kappa shape index (κ2) is 8.67. The van der Waals surface area contributed by atoms with Crippen LogP contribution in [0.4, 0.5) is 4.79 Å². The highest BCUT2D eigenvalue weighted by molar-refractivity contribution is 7.99. The van der Waals surface area contributed by atoms with Crippen LogP contribution in [-0.2, 0) is 15.1 Å². The highest BCUT2D eigenvalue weighted by atomic mass is 35.5. The lowest BCUT2D eigenvalue weighted by Gasteiger charge is -2.23. The van der Waals surface area contributed by atoms with Crippen molar-refractivity contribution in [3.63, 3.8) is 0 Å². The van der Waals surface area contributed by atoms with Crippen LogP contribution in [0.25, 0.3) is 0 Å². The molecule has 3 rings (SSSR count). The number of halogens is 1. The summed E-state index contributed by atoms with van der Waals surface area (Å²) in [5.74, 6) is -0.201. The smallest absolute Gasteiger partial charge is 0.325 e. The molecule has 1 aliphatic rings. The normalized spacial score (nSPS) is 18.9. The van der Waals surface area contributed by atoms with E-state index in [0.29, 0.717) is 22.9 Å². The molecule has 8 heteroatoms. The summed E-state index contributed by atoms with van der Waals surface area (Å²) in [4.78, 5) is 39.4. The monoisotopic (exact) mass is 417 g/mol. The molecule has 4 amide bonds. The van der Waals surface area contributed by atoms with Crippen LogP contribution < -0.4 is 10.6 Å². The van der Waals surface area contributed by atoms with Crippen molar-refractivity contribution in [2.75, 3.05) is 18.8 Å². The number of thioether (sulfide) groups is 1. The number of carbonyl (C=O) groups excluding carboxylic acids is 3. The lowest BCUT2D eigenvalue weighted by Crippen LogP contribution is -2.43. The predicted octanol–water partition coefficient (Wildman–Crippen LogP) is 3.02. The van der Waals surface area contributed by atoms with E-state index >= 15 is 0 Å². The van der Waals surface area contributed by atoms with Crippen LogP contribution in [0.15, 0.2) is 59.5 Å². The van der Waals surface area contributed by atoms with Gasteiger partial charge in [0.2, 0.25) is 5.91 Å².